The molecule has 1 aromatic rings. The predicted octanol–water partition coefficient (Wildman–Crippen LogP) is 2.95. The summed E-state index contributed by atoms with van der Waals surface area (Å²) in [6.07, 6.45) is 1.75. The van der Waals surface area contributed by atoms with Gasteiger partial charge < -0.3 is 25.0 Å². The first-order chi connectivity index (χ1) is 15.5. The lowest BCUT2D eigenvalue weighted by Gasteiger charge is -2.33. The molecule has 3 amide bonds. The van der Waals surface area contributed by atoms with Gasteiger partial charge in [-0.25, -0.2) is 4.79 Å². The number of benzene rings is 1. The molecule has 0 heterocycles. The van der Waals surface area contributed by atoms with Crippen LogP contribution in [0.3, 0.4) is 0 Å². The van der Waals surface area contributed by atoms with Crippen LogP contribution in [-0.4, -0.2) is 60.6 Å². The fourth-order valence-electron chi connectivity index (χ4n) is 3.13. The van der Waals surface area contributed by atoms with Gasteiger partial charge in [0.1, 0.15) is 24.2 Å². The minimum atomic E-state index is -0.983. The molecule has 0 radical (unpaired) electrons. The summed E-state index contributed by atoms with van der Waals surface area (Å²) in [5.74, 6) is -1.54. The van der Waals surface area contributed by atoms with Crippen LogP contribution in [0.15, 0.2) is 30.3 Å². The second kappa shape index (κ2) is 13.4. The first kappa shape index (κ1) is 27.9. The van der Waals surface area contributed by atoms with Gasteiger partial charge in [0.15, 0.2) is 0 Å². The molecular formula is C24H37N3O6. The van der Waals surface area contributed by atoms with Gasteiger partial charge in [0.25, 0.3) is 0 Å². The fourth-order valence-corrected chi connectivity index (χ4v) is 3.13. The van der Waals surface area contributed by atoms with E-state index < -0.39 is 41.6 Å². The van der Waals surface area contributed by atoms with Crippen LogP contribution in [-0.2, 0) is 23.9 Å². The molecule has 0 bridgehead atoms. The summed E-state index contributed by atoms with van der Waals surface area (Å²) in [5.41, 5.74) is -0.122. The summed E-state index contributed by atoms with van der Waals surface area (Å²) in [6.45, 7) is 8.76. The predicted molar refractivity (Wildman–Crippen MR) is 124 cm³/mol. The lowest BCUT2D eigenvalue weighted by molar-refractivity contribution is -0.144. The molecule has 0 fully saturated rings. The zero-order valence-electron chi connectivity index (χ0n) is 20.5. The van der Waals surface area contributed by atoms with E-state index in [1.54, 1.807) is 52.0 Å². The van der Waals surface area contributed by atoms with Crippen molar-refractivity contribution in [1.29, 1.82) is 0 Å². The molecule has 0 aliphatic carbocycles. The number of rotatable bonds is 11. The molecule has 184 valence electrons. The maximum atomic E-state index is 13.4. The number of nitrogens with zero attached hydrogens (tertiary/aromatic N) is 1. The quantitative estimate of drug-likeness (QED) is 0.385. The van der Waals surface area contributed by atoms with Gasteiger partial charge in [0.2, 0.25) is 11.8 Å². The molecule has 0 spiro atoms. The number of carbonyl (C=O) groups excluding carboxylic acids is 4. The Morgan fingerprint density at radius 2 is 1.70 bits per heavy atom. The third-order valence-electron chi connectivity index (χ3n) is 4.70. The van der Waals surface area contributed by atoms with Gasteiger partial charge >= 0.3 is 12.1 Å². The Morgan fingerprint density at radius 1 is 1.06 bits per heavy atom. The summed E-state index contributed by atoms with van der Waals surface area (Å²) in [4.78, 5) is 51.8. The highest BCUT2D eigenvalue weighted by Crippen LogP contribution is 2.23. The Morgan fingerprint density at radius 3 is 2.24 bits per heavy atom. The molecule has 1 aromatic carbocycles. The smallest absolute Gasteiger partial charge is 0.408 e. The number of esters is 1. The Hall–Kier alpha value is -3.10. The van der Waals surface area contributed by atoms with Crippen molar-refractivity contribution in [3.63, 3.8) is 0 Å². The van der Waals surface area contributed by atoms with E-state index in [1.165, 1.54) is 12.0 Å². The molecule has 0 aliphatic rings. The van der Waals surface area contributed by atoms with Crippen LogP contribution in [0.25, 0.3) is 0 Å². The topological polar surface area (TPSA) is 114 Å². The number of methoxy groups -OCH3 is 1. The zero-order chi connectivity index (χ0) is 25.0. The van der Waals surface area contributed by atoms with Crippen molar-refractivity contribution < 1.29 is 28.7 Å². The average molecular weight is 464 g/mol. The van der Waals surface area contributed by atoms with E-state index in [-0.39, 0.29) is 6.54 Å². The lowest BCUT2D eigenvalue weighted by atomic mass is 10.0. The number of amides is 3. The number of ether oxygens (including phenoxy) is 2. The normalized spacial score (nSPS) is 12.8. The standard InChI is InChI=1S/C24H37N3O6/c1-7-8-12-15-27(22(30)17(2)26-23(31)33-24(3,4)5)20(18-13-10-9-11-14-18)21(29)25-16-19(28)32-6/h9-11,13-14,17,20H,7-8,12,15-16H2,1-6H3,(H,25,29)(H,26,31). The fraction of sp³-hybridized carbons (Fsp3) is 0.583. The summed E-state index contributed by atoms with van der Waals surface area (Å²) in [5, 5.41) is 5.10. The minimum Gasteiger partial charge on any atom is -0.468 e. The van der Waals surface area contributed by atoms with Gasteiger partial charge in [-0.05, 0) is 39.7 Å². The molecule has 0 saturated carbocycles. The first-order valence-corrected chi connectivity index (χ1v) is 11.2. The summed E-state index contributed by atoms with van der Waals surface area (Å²) >= 11 is 0. The van der Waals surface area contributed by atoms with E-state index in [0.717, 1.165) is 12.8 Å². The second-order valence-corrected chi connectivity index (χ2v) is 8.71. The van der Waals surface area contributed by atoms with Crippen molar-refractivity contribution in [3.05, 3.63) is 35.9 Å². The second-order valence-electron chi connectivity index (χ2n) is 8.71. The molecule has 2 unspecified atom stereocenters. The van der Waals surface area contributed by atoms with Crippen molar-refractivity contribution in [2.75, 3.05) is 20.2 Å². The van der Waals surface area contributed by atoms with Gasteiger partial charge in [-0.15, -0.1) is 0 Å². The number of hydrogen-bond acceptors (Lipinski definition) is 6. The average Bonchev–Trinajstić information content (AvgIpc) is 2.75. The van der Waals surface area contributed by atoms with Crippen LogP contribution >= 0.6 is 0 Å². The van der Waals surface area contributed by atoms with Crippen LogP contribution in [0.4, 0.5) is 4.79 Å². The van der Waals surface area contributed by atoms with Gasteiger partial charge in [-0.3, -0.25) is 14.4 Å². The summed E-state index contributed by atoms with van der Waals surface area (Å²) < 4.78 is 9.85. The van der Waals surface area contributed by atoms with Crippen LogP contribution in [0, 0.1) is 0 Å². The van der Waals surface area contributed by atoms with Crippen LogP contribution in [0.5, 0.6) is 0 Å². The van der Waals surface area contributed by atoms with Crippen molar-refractivity contribution in [1.82, 2.24) is 15.5 Å². The largest absolute Gasteiger partial charge is 0.468 e. The molecule has 0 saturated heterocycles. The van der Waals surface area contributed by atoms with E-state index in [2.05, 4.69) is 15.4 Å². The van der Waals surface area contributed by atoms with Gasteiger partial charge in [0, 0.05) is 6.54 Å². The summed E-state index contributed by atoms with van der Waals surface area (Å²) in [6, 6.07) is 6.93. The molecule has 2 atom stereocenters. The van der Waals surface area contributed by atoms with Crippen molar-refractivity contribution >= 4 is 23.9 Å². The molecule has 2 N–H and O–H groups in total. The van der Waals surface area contributed by atoms with Gasteiger partial charge in [0.05, 0.1) is 7.11 Å². The molecular weight excluding hydrogens is 426 g/mol. The van der Waals surface area contributed by atoms with Crippen molar-refractivity contribution in [3.8, 4) is 0 Å². The maximum Gasteiger partial charge on any atom is 0.408 e. The Bertz CT molecular complexity index is 791. The van der Waals surface area contributed by atoms with Crippen LogP contribution in [0.2, 0.25) is 0 Å². The molecule has 33 heavy (non-hydrogen) atoms. The van der Waals surface area contributed by atoms with Crippen LogP contribution < -0.4 is 10.6 Å². The Kier molecular flexibility index (Phi) is 11.4. The number of unbranched alkanes of at least 4 members (excludes halogenated alkanes) is 2. The first-order valence-electron chi connectivity index (χ1n) is 11.2. The van der Waals surface area contributed by atoms with E-state index in [4.69, 9.17) is 4.74 Å². The number of hydrogen-bond donors (Lipinski definition) is 2. The zero-order valence-corrected chi connectivity index (χ0v) is 20.5. The monoisotopic (exact) mass is 463 g/mol. The summed E-state index contributed by atoms with van der Waals surface area (Å²) in [7, 11) is 1.23. The molecule has 0 aromatic heterocycles. The minimum absolute atomic E-state index is 0.304. The molecule has 1 rings (SSSR count). The number of alkyl carbamates (subject to hydrolysis) is 1. The third kappa shape index (κ3) is 9.93. The number of nitrogens with one attached hydrogen (secondary N) is 2. The molecule has 9 heteroatoms. The van der Waals surface area contributed by atoms with Crippen molar-refractivity contribution in [2.24, 2.45) is 0 Å². The SMILES string of the molecule is CCCCCN(C(=O)C(C)NC(=O)OC(C)(C)C)C(C(=O)NCC(=O)OC)c1ccccc1. The van der Waals surface area contributed by atoms with E-state index in [1.807, 2.05) is 13.0 Å². The Balaban J connectivity index is 3.21. The van der Waals surface area contributed by atoms with E-state index >= 15 is 0 Å². The highest BCUT2D eigenvalue weighted by Gasteiger charge is 2.34. The Labute approximate surface area is 196 Å². The lowest BCUT2D eigenvalue weighted by Crippen LogP contribution is -2.52. The highest BCUT2D eigenvalue weighted by molar-refractivity contribution is 5.93. The highest BCUT2D eigenvalue weighted by atomic mass is 16.6. The molecule has 9 nitrogen and oxygen atoms in total. The van der Waals surface area contributed by atoms with Gasteiger partial charge in [-0.1, -0.05) is 50.1 Å². The van der Waals surface area contributed by atoms with E-state index in [9.17, 15) is 19.2 Å². The number of carbonyl (C=O) groups is 4. The third-order valence-corrected chi connectivity index (χ3v) is 4.70. The molecule has 0 aliphatic heterocycles. The van der Waals surface area contributed by atoms with E-state index in [0.29, 0.717) is 18.5 Å². The van der Waals surface area contributed by atoms with Gasteiger partial charge in [-0.2, -0.15) is 0 Å². The van der Waals surface area contributed by atoms with Crippen molar-refractivity contribution in [2.45, 2.75) is 71.6 Å². The van der Waals surface area contributed by atoms with Crippen LogP contribution in [0.1, 0.15) is 65.5 Å². The maximum absolute atomic E-state index is 13.4.